The second kappa shape index (κ2) is 10.1. The van der Waals surface area contributed by atoms with E-state index in [0.29, 0.717) is 6.54 Å². The van der Waals surface area contributed by atoms with Gasteiger partial charge in [-0.1, -0.05) is 6.07 Å². The average Bonchev–Trinajstić information content (AvgIpc) is 2.99. The predicted molar refractivity (Wildman–Crippen MR) is 94.7 cm³/mol. The maximum absolute atomic E-state index is 4.51. The van der Waals surface area contributed by atoms with Crippen molar-refractivity contribution in [1.29, 1.82) is 0 Å². The van der Waals surface area contributed by atoms with Crippen LogP contribution in [0.1, 0.15) is 12.6 Å². The number of imidazole rings is 1. The van der Waals surface area contributed by atoms with Crippen LogP contribution in [0.3, 0.4) is 0 Å². The van der Waals surface area contributed by atoms with Crippen LogP contribution in [0.5, 0.6) is 0 Å². The molecule has 2 rings (SSSR count). The molecule has 0 fully saturated rings. The fraction of sp³-hybridized carbons (Fsp3) is 0.357. The summed E-state index contributed by atoms with van der Waals surface area (Å²) in [6, 6.07) is 5.84. The summed E-state index contributed by atoms with van der Waals surface area (Å²) in [5.74, 6) is 0.804. The Kier molecular flexibility index (Phi) is 8.41. The monoisotopic (exact) mass is 400 g/mol. The third kappa shape index (κ3) is 6.56. The van der Waals surface area contributed by atoms with Gasteiger partial charge in [-0.05, 0) is 19.1 Å². The van der Waals surface area contributed by atoms with Crippen molar-refractivity contribution in [2.45, 2.75) is 20.0 Å². The largest absolute Gasteiger partial charge is 0.357 e. The van der Waals surface area contributed by atoms with Crippen molar-refractivity contribution in [2.24, 2.45) is 4.99 Å². The first kappa shape index (κ1) is 17.4. The van der Waals surface area contributed by atoms with E-state index in [1.807, 2.05) is 35.9 Å². The minimum absolute atomic E-state index is 0. The molecule has 114 valence electrons. The first-order valence-electron chi connectivity index (χ1n) is 6.76. The van der Waals surface area contributed by atoms with Crippen molar-refractivity contribution in [3.63, 3.8) is 0 Å². The molecule has 21 heavy (non-hydrogen) atoms. The van der Waals surface area contributed by atoms with E-state index in [9.17, 15) is 0 Å². The Bertz CT molecular complexity index is 512. The highest BCUT2D eigenvalue weighted by atomic mass is 127. The lowest BCUT2D eigenvalue weighted by molar-refractivity contribution is 0.661. The van der Waals surface area contributed by atoms with E-state index in [4.69, 9.17) is 0 Å². The third-order valence-corrected chi connectivity index (χ3v) is 2.69. The molecule has 0 saturated heterocycles. The molecule has 0 spiro atoms. The maximum Gasteiger partial charge on any atom is 0.191 e. The highest BCUT2D eigenvalue weighted by molar-refractivity contribution is 14.0. The smallest absolute Gasteiger partial charge is 0.191 e. The number of pyridine rings is 1. The Morgan fingerprint density at radius 1 is 1.29 bits per heavy atom. The molecule has 0 unspecified atom stereocenters. The van der Waals surface area contributed by atoms with E-state index < -0.39 is 0 Å². The van der Waals surface area contributed by atoms with Crippen LogP contribution < -0.4 is 10.6 Å². The molecule has 0 aromatic carbocycles. The number of aliphatic imine (C=N–C) groups is 1. The number of nitrogens with one attached hydrogen (secondary N) is 2. The maximum atomic E-state index is 4.51. The molecule has 0 saturated carbocycles. The van der Waals surface area contributed by atoms with Crippen molar-refractivity contribution in [2.75, 3.05) is 13.1 Å². The van der Waals surface area contributed by atoms with E-state index in [2.05, 4.69) is 25.6 Å². The van der Waals surface area contributed by atoms with E-state index in [1.165, 1.54) is 0 Å². The Balaban J connectivity index is 0.00000220. The molecule has 0 aliphatic heterocycles. The zero-order valence-corrected chi connectivity index (χ0v) is 14.4. The van der Waals surface area contributed by atoms with Gasteiger partial charge in [0.1, 0.15) is 0 Å². The van der Waals surface area contributed by atoms with E-state index in [-0.39, 0.29) is 24.0 Å². The average molecular weight is 400 g/mol. The predicted octanol–water partition coefficient (Wildman–Crippen LogP) is 1.65. The van der Waals surface area contributed by atoms with Crippen LogP contribution in [0.2, 0.25) is 0 Å². The molecule has 2 aromatic rings. The Morgan fingerprint density at radius 2 is 2.19 bits per heavy atom. The molecule has 0 radical (unpaired) electrons. The summed E-state index contributed by atoms with van der Waals surface area (Å²) in [6.07, 6.45) is 7.31. The summed E-state index contributed by atoms with van der Waals surface area (Å²) < 4.78 is 2.02. The molecule has 0 bridgehead atoms. The van der Waals surface area contributed by atoms with Gasteiger partial charge in [0.05, 0.1) is 18.6 Å². The van der Waals surface area contributed by atoms with Gasteiger partial charge in [-0.15, -0.1) is 24.0 Å². The van der Waals surface area contributed by atoms with Crippen LogP contribution in [0.4, 0.5) is 0 Å². The van der Waals surface area contributed by atoms with Crippen molar-refractivity contribution >= 4 is 29.9 Å². The van der Waals surface area contributed by atoms with Crippen LogP contribution in [-0.4, -0.2) is 33.6 Å². The summed E-state index contributed by atoms with van der Waals surface area (Å²) in [7, 11) is 0. The van der Waals surface area contributed by atoms with Crippen LogP contribution in [0.25, 0.3) is 0 Å². The minimum atomic E-state index is 0. The van der Waals surface area contributed by atoms with Crippen molar-refractivity contribution in [3.8, 4) is 0 Å². The molecule has 0 atom stereocenters. The topological polar surface area (TPSA) is 67.1 Å². The summed E-state index contributed by atoms with van der Waals surface area (Å²) in [6.45, 7) is 5.10. The normalized spacial score (nSPS) is 10.8. The number of halogens is 1. The third-order valence-electron chi connectivity index (χ3n) is 2.69. The first-order chi connectivity index (χ1) is 9.88. The standard InChI is InChI=1S/C14H20N6.HI/c1-2-16-14(18-8-10-20-9-7-15-12-20)19-11-13-5-3-4-6-17-13;/h3-7,9,12H,2,8,10-11H2,1H3,(H2,16,18,19);1H. The van der Waals surface area contributed by atoms with Gasteiger partial charge >= 0.3 is 0 Å². The first-order valence-corrected chi connectivity index (χ1v) is 6.76. The van der Waals surface area contributed by atoms with Gasteiger partial charge in [0.25, 0.3) is 0 Å². The quantitative estimate of drug-likeness (QED) is 0.440. The number of aromatic nitrogens is 3. The molecule has 2 N–H and O–H groups in total. The Morgan fingerprint density at radius 3 is 2.86 bits per heavy atom. The fourth-order valence-corrected chi connectivity index (χ4v) is 1.72. The molecule has 2 aromatic heterocycles. The molecule has 0 amide bonds. The van der Waals surface area contributed by atoms with Crippen molar-refractivity contribution in [1.82, 2.24) is 25.2 Å². The summed E-state index contributed by atoms with van der Waals surface area (Å²) >= 11 is 0. The fourth-order valence-electron chi connectivity index (χ4n) is 1.72. The summed E-state index contributed by atoms with van der Waals surface area (Å²) in [5, 5.41) is 6.51. The van der Waals surface area contributed by atoms with Gasteiger partial charge in [-0.25, -0.2) is 9.98 Å². The van der Waals surface area contributed by atoms with E-state index >= 15 is 0 Å². The molecular weight excluding hydrogens is 379 g/mol. The van der Waals surface area contributed by atoms with Crippen LogP contribution in [-0.2, 0) is 13.1 Å². The molecule has 2 heterocycles. The van der Waals surface area contributed by atoms with E-state index in [1.54, 1.807) is 18.7 Å². The van der Waals surface area contributed by atoms with Gasteiger partial charge in [0.2, 0.25) is 0 Å². The molecule has 0 aliphatic carbocycles. The SMILES string of the molecule is CCNC(=NCc1ccccn1)NCCn1ccnc1.I. The zero-order chi connectivity index (χ0) is 14.0. The van der Waals surface area contributed by atoms with Gasteiger partial charge in [0, 0.05) is 38.2 Å². The summed E-state index contributed by atoms with van der Waals surface area (Å²) in [5.41, 5.74) is 0.958. The van der Waals surface area contributed by atoms with Crippen molar-refractivity contribution in [3.05, 3.63) is 48.8 Å². The molecule has 6 nitrogen and oxygen atoms in total. The highest BCUT2D eigenvalue weighted by Crippen LogP contribution is 1.95. The highest BCUT2D eigenvalue weighted by Gasteiger charge is 1.98. The zero-order valence-electron chi connectivity index (χ0n) is 12.1. The number of hydrogen-bond donors (Lipinski definition) is 2. The lowest BCUT2D eigenvalue weighted by Gasteiger charge is -2.11. The number of rotatable bonds is 6. The summed E-state index contributed by atoms with van der Waals surface area (Å²) in [4.78, 5) is 12.8. The van der Waals surface area contributed by atoms with Crippen molar-refractivity contribution < 1.29 is 0 Å². The minimum Gasteiger partial charge on any atom is -0.357 e. The van der Waals surface area contributed by atoms with Gasteiger partial charge in [-0.2, -0.15) is 0 Å². The second-order valence-corrected chi connectivity index (χ2v) is 4.24. The lowest BCUT2D eigenvalue weighted by Crippen LogP contribution is -2.38. The van der Waals surface area contributed by atoms with Gasteiger partial charge in [0.15, 0.2) is 5.96 Å². The van der Waals surface area contributed by atoms with Crippen LogP contribution >= 0.6 is 24.0 Å². The molecular formula is C14H21IN6. The second-order valence-electron chi connectivity index (χ2n) is 4.24. The lowest BCUT2D eigenvalue weighted by atomic mass is 10.3. The van der Waals surface area contributed by atoms with Gasteiger partial charge < -0.3 is 15.2 Å². The molecule has 0 aliphatic rings. The number of nitrogens with zero attached hydrogens (tertiary/aromatic N) is 4. The molecule has 7 heteroatoms. The number of guanidine groups is 1. The van der Waals surface area contributed by atoms with E-state index in [0.717, 1.165) is 31.3 Å². The Hall–Kier alpha value is -1.64. The van der Waals surface area contributed by atoms with Gasteiger partial charge in [-0.3, -0.25) is 4.98 Å². The van der Waals surface area contributed by atoms with Crippen LogP contribution in [0.15, 0.2) is 48.1 Å². The van der Waals surface area contributed by atoms with Crippen LogP contribution in [0, 0.1) is 0 Å². The Labute approximate surface area is 142 Å². The number of hydrogen-bond acceptors (Lipinski definition) is 3.